The highest BCUT2D eigenvalue weighted by atomic mass is 32.2. The van der Waals surface area contributed by atoms with Gasteiger partial charge in [-0.1, -0.05) is 12.1 Å². The van der Waals surface area contributed by atoms with Crippen molar-refractivity contribution < 1.29 is 14.3 Å². The second-order valence-electron chi connectivity index (χ2n) is 6.55. The molecule has 0 radical (unpaired) electrons. The summed E-state index contributed by atoms with van der Waals surface area (Å²) in [5, 5.41) is 3.07. The monoisotopic (exact) mass is 379 g/mol. The van der Waals surface area contributed by atoms with Crippen LogP contribution in [-0.4, -0.2) is 79.4 Å². The Morgan fingerprint density at radius 3 is 2.92 bits per heavy atom. The second kappa shape index (κ2) is 10.0. The lowest BCUT2D eigenvalue weighted by Crippen LogP contribution is -2.51. The lowest BCUT2D eigenvalue weighted by atomic mass is 10.2. The minimum Gasteiger partial charge on any atom is -0.492 e. The predicted molar refractivity (Wildman–Crippen MR) is 106 cm³/mol. The molecule has 2 heterocycles. The smallest absolute Gasteiger partial charge is 0.322 e. The number of thioether (sulfide) groups is 1. The highest BCUT2D eigenvalue weighted by Gasteiger charge is 2.28. The van der Waals surface area contributed by atoms with Gasteiger partial charge in [-0.3, -0.25) is 4.90 Å². The number of hydrogen-bond acceptors (Lipinski definition) is 5. The van der Waals surface area contributed by atoms with Gasteiger partial charge in [0.15, 0.2) is 0 Å². The number of morpholine rings is 1. The number of anilines is 1. The van der Waals surface area contributed by atoms with E-state index in [1.807, 2.05) is 47.9 Å². The third-order valence-electron chi connectivity index (χ3n) is 4.70. The highest BCUT2D eigenvalue weighted by molar-refractivity contribution is 7.99. The van der Waals surface area contributed by atoms with Crippen LogP contribution in [0.25, 0.3) is 0 Å². The standard InChI is InChI=1S/C19H29N3O3S/c1-2-25-18-7-4-3-6-17(18)20-19(23)22-8-5-13-26-15-16(22)14-21-9-11-24-12-10-21/h3-4,6-7,16H,2,5,8-15H2,1H3,(H,20,23). The molecule has 7 heteroatoms. The molecule has 0 bridgehead atoms. The quantitative estimate of drug-likeness (QED) is 0.853. The molecule has 1 atom stereocenters. The van der Waals surface area contributed by atoms with Crippen LogP contribution in [0.2, 0.25) is 0 Å². The Kier molecular flexibility index (Phi) is 7.46. The Morgan fingerprint density at radius 1 is 1.31 bits per heavy atom. The molecule has 1 aromatic carbocycles. The van der Waals surface area contributed by atoms with Gasteiger partial charge < -0.3 is 19.7 Å². The Morgan fingerprint density at radius 2 is 2.12 bits per heavy atom. The van der Waals surface area contributed by atoms with Gasteiger partial charge in [0.1, 0.15) is 5.75 Å². The Hall–Kier alpha value is -1.44. The van der Waals surface area contributed by atoms with Crippen LogP contribution >= 0.6 is 11.8 Å². The van der Waals surface area contributed by atoms with Gasteiger partial charge in [0.05, 0.1) is 31.5 Å². The maximum absolute atomic E-state index is 13.0. The molecule has 0 aliphatic carbocycles. The number of para-hydroxylation sites is 2. The molecule has 1 N–H and O–H groups in total. The molecule has 1 aromatic rings. The molecule has 2 saturated heterocycles. The summed E-state index contributed by atoms with van der Waals surface area (Å²) in [6.07, 6.45) is 1.03. The number of carbonyl (C=O) groups is 1. The molecular weight excluding hydrogens is 350 g/mol. The van der Waals surface area contributed by atoms with Crippen LogP contribution in [0.1, 0.15) is 13.3 Å². The first-order chi connectivity index (χ1) is 12.8. The average molecular weight is 380 g/mol. The first-order valence-electron chi connectivity index (χ1n) is 9.45. The SMILES string of the molecule is CCOc1ccccc1NC(=O)N1CCCSCC1CN1CCOCC1. The number of nitrogens with zero attached hydrogens (tertiary/aromatic N) is 2. The van der Waals surface area contributed by atoms with Crippen molar-refractivity contribution in [3.63, 3.8) is 0 Å². The number of carbonyl (C=O) groups excluding carboxylic acids is 1. The fourth-order valence-corrected chi connectivity index (χ4v) is 4.42. The molecule has 2 amide bonds. The largest absolute Gasteiger partial charge is 0.492 e. The fourth-order valence-electron chi connectivity index (χ4n) is 3.37. The normalized spacial score (nSPS) is 21.9. The Labute approximate surface area is 160 Å². The molecule has 1 unspecified atom stereocenters. The van der Waals surface area contributed by atoms with Crippen LogP contribution in [0.5, 0.6) is 5.75 Å². The molecule has 6 nitrogen and oxygen atoms in total. The van der Waals surface area contributed by atoms with E-state index >= 15 is 0 Å². The Bertz CT molecular complexity index is 581. The van der Waals surface area contributed by atoms with Gasteiger partial charge in [-0.25, -0.2) is 4.79 Å². The summed E-state index contributed by atoms with van der Waals surface area (Å²) < 4.78 is 11.1. The number of rotatable bonds is 5. The van der Waals surface area contributed by atoms with Crippen molar-refractivity contribution in [1.82, 2.24) is 9.80 Å². The number of ether oxygens (including phenoxy) is 2. The summed E-state index contributed by atoms with van der Waals surface area (Å²) in [6, 6.07) is 7.82. The molecule has 2 aliphatic rings. The van der Waals surface area contributed by atoms with Crippen molar-refractivity contribution >= 4 is 23.5 Å². The first kappa shape index (κ1) is 19.3. The highest BCUT2D eigenvalue weighted by Crippen LogP contribution is 2.25. The molecule has 0 saturated carbocycles. The van der Waals surface area contributed by atoms with Crippen molar-refractivity contribution in [2.45, 2.75) is 19.4 Å². The summed E-state index contributed by atoms with van der Waals surface area (Å²) >= 11 is 1.95. The molecule has 0 spiro atoms. The Balaban J connectivity index is 1.67. The van der Waals surface area contributed by atoms with Gasteiger partial charge in [0.25, 0.3) is 0 Å². The third kappa shape index (κ3) is 5.28. The molecule has 3 rings (SSSR count). The number of nitrogens with one attached hydrogen (secondary N) is 1. The van der Waals surface area contributed by atoms with E-state index in [0.717, 1.165) is 68.8 Å². The maximum Gasteiger partial charge on any atom is 0.322 e. The number of benzene rings is 1. The van der Waals surface area contributed by atoms with Gasteiger partial charge in [-0.05, 0) is 31.2 Å². The molecular formula is C19H29N3O3S. The van der Waals surface area contributed by atoms with Gasteiger partial charge in [-0.15, -0.1) is 0 Å². The van der Waals surface area contributed by atoms with Crippen molar-refractivity contribution in [2.24, 2.45) is 0 Å². The van der Waals surface area contributed by atoms with Gasteiger partial charge >= 0.3 is 6.03 Å². The second-order valence-corrected chi connectivity index (χ2v) is 7.70. The van der Waals surface area contributed by atoms with E-state index in [4.69, 9.17) is 9.47 Å². The van der Waals surface area contributed by atoms with E-state index in [9.17, 15) is 4.79 Å². The maximum atomic E-state index is 13.0. The topological polar surface area (TPSA) is 54.0 Å². The van der Waals surface area contributed by atoms with Gasteiger partial charge in [-0.2, -0.15) is 11.8 Å². The van der Waals surface area contributed by atoms with E-state index < -0.39 is 0 Å². The summed E-state index contributed by atoms with van der Waals surface area (Å²) in [7, 11) is 0. The summed E-state index contributed by atoms with van der Waals surface area (Å²) in [5.74, 6) is 2.81. The van der Waals surface area contributed by atoms with Crippen LogP contribution < -0.4 is 10.1 Å². The zero-order valence-electron chi connectivity index (χ0n) is 15.5. The zero-order chi connectivity index (χ0) is 18.2. The van der Waals surface area contributed by atoms with E-state index in [-0.39, 0.29) is 12.1 Å². The lowest BCUT2D eigenvalue weighted by Gasteiger charge is -2.35. The van der Waals surface area contributed by atoms with Crippen LogP contribution in [0.15, 0.2) is 24.3 Å². The minimum absolute atomic E-state index is 0.0297. The van der Waals surface area contributed by atoms with Gasteiger partial charge in [0, 0.05) is 31.9 Å². The summed E-state index contributed by atoms with van der Waals surface area (Å²) in [5.41, 5.74) is 0.737. The van der Waals surface area contributed by atoms with Crippen molar-refractivity contribution in [3.05, 3.63) is 24.3 Å². The van der Waals surface area contributed by atoms with Crippen molar-refractivity contribution in [3.8, 4) is 5.75 Å². The zero-order valence-corrected chi connectivity index (χ0v) is 16.3. The van der Waals surface area contributed by atoms with E-state index in [2.05, 4.69) is 10.2 Å². The van der Waals surface area contributed by atoms with Gasteiger partial charge in [0.2, 0.25) is 0 Å². The third-order valence-corrected chi connectivity index (χ3v) is 5.90. The molecule has 26 heavy (non-hydrogen) atoms. The van der Waals surface area contributed by atoms with E-state index in [1.165, 1.54) is 0 Å². The number of amides is 2. The van der Waals surface area contributed by atoms with E-state index in [0.29, 0.717) is 6.61 Å². The van der Waals surface area contributed by atoms with E-state index in [1.54, 1.807) is 0 Å². The molecule has 144 valence electrons. The number of urea groups is 1. The molecule has 2 aliphatic heterocycles. The van der Waals surface area contributed by atoms with Crippen molar-refractivity contribution in [2.75, 3.05) is 62.8 Å². The fraction of sp³-hybridized carbons (Fsp3) is 0.632. The van der Waals surface area contributed by atoms with Crippen molar-refractivity contribution in [1.29, 1.82) is 0 Å². The molecule has 2 fully saturated rings. The molecule has 0 aromatic heterocycles. The number of hydrogen-bond donors (Lipinski definition) is 1. The summed E-state index contributed by atoms with van der Waals surface area (Å²) in [6.45, 7) is 7.70. The van der Waals surface area contributed by atoms with Crippen LogP contribution in [0.3, 0.4) is 0 Å². The average Bonchev–Trinajstić information content (AvgIpc) is 2.90. The summed E-state index contributed by atoms with van der Waals surface area (Å²) in [4.78, 5) is 17.5. The lowest BCUT2D eigenvalue weighted by molar-refractivity contribution is 0.0288. The predicted octanol–water partition coefficient (Wildman–Crippen LogP) is 2.76. The minimum atomic E-state index is -0.0297. The first-order valence-corrected chi connectivity index (χ1v) is 10.6. The van der Waals surface area contributed by atoms with Crippen LogP contribution in [0.4, 0.5) is 10.5 Å². The van der Waals surface area contributed by atoms with Crippen LogP contribution in [-0.2, 0) is 4.74 Å². The van der Waals surface area contributed by atoms with Crippen LogP contribution in [0, 0.1) is 0 Å².